The fraction of sp³-hybridized carbons (Fsp3) is 0.439. The van der Waals surface area contributed by atoms with Crippen molar-refractivity contribution in [1.29, 1.82) is 0 Å². The van der Waals surface area contributed by atoms with Crippen LogP contribution in [0.2, 0.25) is 0 Å². The van der Waals surface area contributed by atoms with Gasteiger partial charge < -0.3 is 34.7 Å². The number of H-pyrrole nitrogens is 2. The number of aromatic amines is 2. The Hall–Kier alpha value is -5.83. The van der Waals surface area contributed by atoms with Crippen molar-refractivity contribution in [3.05, 3.63) is 66.5 Å². The minimum absolute atomic E-state index is 0.0240. The molecule has 2 aromatic carbocycles. The normalized spacial score (nSPS) is 18.4. The second kappa shape index (κ2) is 16.5. The van der Waals surface area contributed by atoms with E-state index in [2.05, 4.69) is 55.5 Å². The number of carbonyl (C=O) groups excluding carboxylic acids is 3. The van der Waals surface area contributed by atoms with Crippen LogP contribution in [0, 0.1) is 11.8 Å². The van der Waals surface area contributed by atoms with Gasteiger partial charge in [0, 0.05) is 30.4 Å². The number of amides is 3. The number of likely N-dealkylation sites (tertiary alicyclic amines) is 2. The number of nitrogens with zero attached hydrogens (tertiary/aromatic N) is 6. The standard InChI is InChI=1S/C41H49N9O6/c1-23(2)35(44-22-56-55-6)39(51)50-16-8-10-34(50)38-45-30-19-29(42-21-32(30)47-38)27-13-11-26-18-28(14-12-25(26)17-27)31-20-43-37(46-31)33-9-7-15-49(33)40(52)36(24(3)4)48-41(53)54-5/h11-14,17-24,33-36H,7-10,15-16H2,1-6H3,(H,43,46)(H,45,47)(H,48,53)/b44-22-/t33-,34-,35-,36-/m0/s1. The monoisotopic (exact) mass is 763 g/mol. The summed E-state index contributed by atoms with van der Waals surface area (Å²) in [6.07, 6.45) is 7.53. The lowest BCUT2D eigenvalue weighted by atomic mass is 10.0. The van der Waals surface area contributed by atoms with Crippen molar-refractivity contribution in [3.63, 3.8) is 0 Å². The van der Waals surface area contributed by atoms with Gasteiger partial charge in [-0.05, 0) is 66.5 Å². The largest absolute Gasteiger partial charge is 0.453 e. The van der Waals surface area contributed by atoms with Crippen LogP contribution in [-0.4, -0.2) is 98.4 Å². The van der Waals surface area contributed by atoms with Crippen LogP contribution < -0.4 is 5.32 Å². The van der Waals surface area contributed by atoms with Crippen LogP contribution in [0.3, 0.4) is 0 Å². The first-order valence-corrected chi connectivity index (χ1v) is 19.2. The average Bonchev–Trinajstić information content (AvgIpc) is 4.03. The van der Waals surface area contributed by atoms with Crippen LogP contribution in [0.15, 0.2) is 59.9 Å². The summed E-state index contributed by atoms with van der Waals surface area (Å²) >= 11 is 0. The highest BCUT2D eigenvalue weighted by Gasteiger charge is 2.38. The van der Waals surface area contributed by atoms with E-state index >= 15 is 0 Å². The molecule has 0 aliphatic carbocycles. The zero-order valence-electron chi connectivity index (χ0n) is 32.6. The summed E-state index contributed by atoms with van der Waals surface area (Å²) in [5.41, 5.74) is 5.08. The predicted molar refractivity (Wildman–Crippen MR) is 211 cm³/mol. The molecule has 0 saturated carbocycles. The van der Waals surface area contributed by atoms with Crippen LogP contribution in [0.1, 0.15) is 77.1 Å². The Morgan fingerprint density at radius 2 is 1.52 bits per heavy atom. The fourth-order valence-corrected chi connectivity index (χ4v) is 7.80. The Balaban J connectivity index is 1.07. The second-order valence-corrected chi connectivity index (χ2v) is 15.1. The molecule has 2 saturated heterocycles. The Bertz CT molecular complexity index is 2250. The number of ether oxygens (including phenoxy) is 1. The number of alkyl carbamates (subject to hydrolysis) is 1. The van der Waals surface area contributed by atoms with E-state index in [1.54, 1.807) is 6.20 Å². The number of aliphatic imine (C=N–C) groups is 1. The number of nitrogens with one attached hydrogen (secondary N) is 3. The maximum absolute atomic E-state index is 13.6. The Labute approximate surface area is 325 Å². The first-order chi connectivity index (χ1) is 27.1. The lowest BCUT2D eigenvalue weighted by molar-refractivity contribution is -0.188. The number of hydrogen-bond acceptors (Lipinski definition) is 10. The van der Waals surface area contributed by atoms with E-state index in [9.17, 15) is 14.4 Å². The highest BCUT2D eigenvalue weighted by atomic mass is 17.2. The lowest BCUT2D eigenvalue weighted by Gasteiger charge is -2.29. The molecule has 15 heteroatoms. The molecule has 4 atom stereocenters. The van der Waals surface area contributed by atoms with Crippen molar-refractivity contribution in [2.24, 2.45) is 16.8 Å². The van der Waals surface area contributed by atoms with Crippen LogP contribution in [0.4, 0.5) is 4.79 Å². The number of methoxy groups -OCH3 is 1. The molecule has 0 radical (unpaired) electrons. The molecular weight excluding hydrogens is 715 g/mol. The summed E-state index contributed by atoms with van der Waals surface area (Å²) in [4.78, 5) is 78.0. The molecule has 3 N–H and O–H groups in total. The fourth-order valence-electron chi connectivity index (χ4n) is 7.80. The first kappa shape index (κ1) is 38.4. The van der Waals surface area contributed by atoms with Gasteiger partial charge in [0.1, 0.15) is 23.7 Å². The molecule has 2 fully saturated rings. The van der Waals surface area contributed by atoms with Crippen LogP contribution >= 0.6 is 0 Å². The molecular formula is C41H49N9O6. The topological polar surface area (TPSA) is 180 Å². The summed E-state index contributed by atoms with van der Waals surface area (Å²) in [5.74, 6) is 1.12. The summed E-state index contributed by atoms with van der Waals surface area (Å²) in [7, 11) is 2.68. The molecule has 3 amide bonds. The van der Waals surface area contributed by atoms with Gasteiger partial charge in [-0.25, -0.2) is 19.8 Å². The Morgan fingerprint density at radius 1 is 0.857 bits per heavy atom. The molecule has 5 aromatic rings. The second-order valence-electron chi connectivity index (χ2n) is 15.1. The molecule has 56 heavy (non-hydrogen) atoms. The van der Waals surface area contributed by atoms with E-state index in [-0.39, 0.29) is 35.7 Å². The highest BCUT2D eigenvalue weighted by molar-refractivity contribution is 5.91. The van der Waals surface area contributed by atoms with Crippen molar-refractivity contribution >= 4 is 46.1 Å². The molecule has 7 rings (SSSR count). The van der Waals surface area contributed by atoms with Gasteiger partial charge in [0.15, 0.2) is 0 Å². The van der Waals surface area contributed by atoms with E-state index < -0.39 is 18.2 Å². The third-order valence-corrected chi connectivity index (χ3v) is 10.8. The van der Waals surface area contributed by atoms with Crippen molar-refractivity contribution in [3.8, 4) is 22.5 Å². The van der Waals surface area contributed by atoms with E-state index in [0.717, 1.165) is 81.7 Å². The quantitative estimate of drug-likeness (QED) is 0.0553. The third kappa shape index (κ3) is 7.81. The predicted octanol–water partition coefficient (Wildman–Crippen LogP) is 6.51. The molecule has 5 heterocycles. The SMILES string of the molecule is COO/C=N\[C@H](C(=O)N1CCC[C@H]1c1nc2cc(-c3ccc4cc(-c5c[nH]c([C@@H]6CCCN6C(=O)[C@@H](NC(=O)OC)C(C)C)n5)ccc4c3)ncc2[nH]1)C(C)C. The van der Waals surface area contributed by atoms with Gasteiger partial charge in [0.25, 0.3) is 0 Å². The van der Waals surface area contributed by atoms with Crippen molar-refractivity contribution < 1.29 is 28.9 Å². The van der Waals surface area contributed by atoms with Gasteiger partial charge in [-0.1, -0.05) is 52.0 Å². The van der Waals surface area contributed by atoms with Gasteiger partial charge >= 0.3 is 6.09 Å². The van der Waals surface area contributed by atoms with E-state index in [0.29, 0.717) is 13.1 Å². The van der Waals surface area contributed by atoms with Gasteiger partial charge in [0.05, 0.1) is 54.9 Å². The Kier molecular flexibility index (Phi) is 11.3. The molecule has 2 aliphatic heterocycles. The maximum atomic E-state index is 13.6. The minimum atomic E-state index is -0.691. The number of rotatable bonds is 12. The van der Waals surface area contributed by atoms with Crippen LogP contribution in [0.25, 0.3) is 44.3 Å². The third-order valence-electron chi connectivity index (χ3n) is 10.8. The van der Waals surface area contributed by atoms with E-state index in [1.807, 2.05) is 55.8 Å². The number of fused-ring (bicyclic) bond motifs is 2. The minimum Gasteiger partial charge on any atom is -0.453 e. The number of imidazole rings is 2. The van der Waals surface area contributed by atoms with E-state index in [1.165, 1.54) is 20.6 Å². The van der Waals surface area contributed by atoms with Crippen LogP contribution in [-0.2, 0) is 24.1 Å². The molecule has 2 aliphatic rings. The summed E-state index contributed by atoms with van der Waals surface area (Å²) in [6, 6.07) is 12.8. The van der Waals surface area contributed by atoms with Crippen molar-refractivity contribution in [2.75, 3.05) is 27.3 Å². The lowest BCUT2D eigenvalue weighted by Crippen LogP contribution is -2.51. The Morgan fingerprint density at radius 3 is 2.16 bits per heavy atom. The molecule has 0 unspecified atom stereocenters. The first-order valence-electron chi connectivity index (χ1n) is 19.2. The summed E-state index contributed by atoms with van der Waals surface area (Å²) < 4.78 is 4.76. The van der Waals surface area contributed by atoms with Crippen molar-refractivity contribution in [2.45, 2.75) is 77.5 Å². The molecule has 0 spiro atoms. The number of carbonyl (C=O) groups is 3. The van der Waals surface area contributed by atoms with Crippen molar-refractivity contribution in [1.82, 2.24) is 40.0 Å². The van der Waals surface area contributed by atoms with Crippen LogP contribution in [0.5, 0.6) is 0 Å². The number of hydrogen-bond donors (Lipinski definition) is 3. The van der Waals surface area contributed by atoms with Gasteiger partial charge in [0.2, 0.25) is 18.2 Å². The number of aromatic nitrogens is 5. The smallest absolute Gasteiger partial charge is 0.407 e. The number of benzene rings is 2. The van der Waals surface area contributed by atoms with Gasteiger partial charge in [-0.2, -0.15) is 4.89 Å². The average molecular weight is 764 g/mol. The highest BCUT2D eigenvalue weighted by Crippen LogP contribution is 2.36. The van der Waals surface area contributed by atoms with E-state index in [4.69, 9.17) is 24.6 Å². The maximum Gasteiger partial charge on any atom is 0.407 e. The molecule has 0 bridgehead atoms. The summed E-state index contributed by atoms with van der Waals surface area (Å²) in [5, 5.41) is 4.80. The molecule has 294 valence electrons. The molecule has 3 aromatic heterocycles. The summed E-state index contributed by atoms with van der Waals surface area (Å²) in [6.45, 7) is 8.94. The number of pyridine rings is 1. The molecule has 15 nitrogen and oxygen atoms in total. The zero-order valence-corrected chi connectivity index (χ0v) is 32.6. The van der Waals surface area contributed by atoms with Gasteiger partial charge in [-0.15, -0.1) is 0 Å². The van der Waals surface area contributed by atoms with Gasteiger partial charge in [-0.3, -0.25) is 14.6 Å². The zero-order chi connectivity index (χ0) is 39.5.